The Hall–Kier alpha value is -0.820. The first-order valence-electron chi connectivity index (χ1n) is 5.40. The van der Waals surface area contributed by atoms with Gasteiger partial charge in [-0.2, -0.15) is 0 Å². The number of hydrogen-bond acceptors (Lipinski definition) is 1. The third kappa shape index (κ3) is 3.15. The summed E-state index contributed by atoms with van der Waals surface area (Å²) in [5.41, 5.74) is 2.78. The van der Waals surface area contributed by atoms with Gasteiger partial charge in [0.2, 0.25) is 0 Å². The van der Waals surface area contributed by atoms with Gasteiger partial charge in [0.25, 0.3) is 0 Å². The minimum absolute atomic E-state index is 0.457. The summed E-state index contributed by atoms with van der Waals surface area (Å²) in [6.07, 6.45) is 0. The van der Waals surface area contributed by atoms with Gasteiger partial charge in [0.1, 0.15) is 0 Å². The molecule has 1 aromatic rings. The first-order chi connectivity index (χ1) is 6.61. The summed E-state index contributed by atoms with van der Waals surface area (Å²) in [4.78, 5) is 0. The Morgan fingerprint density at radius 3 is 2.36 bits per heavy atom. The van der Waals surface area contributed by atoms with Gasteiger partial charge >= 0.3 is 0 Å². The first kappa shape index (κ1) is 11.3. The molecule has 0 bridgehead atoms. The van der Waals surface area contributed by atoms with Gasteiger partial charge in [0.05, 0.1) is 0 Å². The normalized spacial score (nSPS) is 13.2. The fraction of sp³-hybridized carbons (Fsp3) is 0.538. The Labute approximate surface area is 87.5 Å². The maximum absolute atomic E-state index is 3.54. The van der Waals surface area contributed by atoms with Gasteiger partial charge in [0.15, 0.2) is 0 Å². The van der Waals surface area contributed by atoms with E-state index in [0.717, 1.165) is 6.54 Å². The van der Waals surface area contributed by atoms with Crippen molar-refractivity contribution in [3.63, 3.8) is 0 Å². The molecule has 0 saturated heterocycles. The molecule has 0 spiro atoms. The van der Waals surface area contributed by atoms with Crippen LogP contribution < -0.4 is 5.32 Å². The molecule has 0 aromatic heterocycles. The summed E-state index contributed by atoms with van der Waals surface area (Å²) in [5, 5.41) is 3.54. The Kier molecular flexibility index (Phi) is 4.15. The van der Waals surface area contributed by atoms with Crippen LogP contribution in [0.25, 0.3) is 0 Å². The van der Waals surface area contributed by atoms with Crippen molar-refractivity contribution in [3.8, 4) is 0 Å². The standard InChI is InChI=1S/C13H21N/c1-10(2)9-14-12(4)13-8-6-5-7-11(13)3/h5-8,10,12,14H,9H2,1-4H3. The Balaban J connectivity index is 2.60. The van der Waals surface area contributed by atoms with Gasteiger partial charge in [0, 0.05) is 6.04 Å². The molecule has 0 aliphatic rings. The van der Waals surface area contributed by atoms with Gasteiger partial charge in [-0.15, -0.1) is 0 Å². The van der Waals surface area contributed by atoms with E-state index in [1.165, 1.54) is 11.1 Å². The fourth-order valence-electron chi connectivity index (χ4n) is 1.60. The van der Waals surface area contributed by atoms with Gasteiger partial charge in [-0.1, -0.05) is 38.1 Å². The Morgan fingerprint density at radius 2 is 1.79 bits per heavy atom. The summed E-state index contributed by atoms with van der Waals surface area (Å²) >= 11 is 0. The first-order valence-corrected chi connectivity index (χ1v) is 5.40. The van der Waals surface area contributed by atoms with E-state index < -0.39 is 0 Å². The second-order valence-corrected chi connectivity index (χ2v) is 4.38. The van der Waals surface area contributed by atoms with Crippen molar-refractivity contribution < 1.29 is 0 Å². The van der Waals surface area contributed by atoms with E-state index in [-0.39, 0.29) is 0 Å². The lowest BCUT2D eigenvalue weighted by molar-refractivity contribution is 0.495. The summed E-state index contributed by atoms with van der Waals surface area (Å²) in [7, 11) is 0. The number of rotatable bonds is 4. The van der Waals surface area contributed by atoms with Crippen molar-refractivity contribution in [2.24, 2.45) is 5.92 Å². The summed E-state index contributed by atoms with van der Waals surface area (Å²) in [6, 6.07) is 9.03. The molecule has 0 amide bonds. The minimum Gasteiger partial charge on any atom is -0.310 e. The molecule has 14 heavy (non-hydrogen) atoms. The molecule has 0 saturated carbocycles. The van der Waals surface area contributed by atoms with Gasteiger partial charge in [-0.3, -0.25) is 0 Å². The smallest absolute Gasteiger partial charge is 0.0294 e. The number of hydrogen-bond donors (Lipinski definition) is 1. The molecule has 1 nitrogen and oxygen atoms in total. The zero-order valence-electron chi connectivity index (χ0n) is 9.67. The van der Waals surface area contributed by atoms with Gasteiger partial charge < -0.3 is 5.32 Å². The maximum Gasteiger partial charge on any atom is 0.0294 e. The molecule has 0 radical (unpaired) electrons. The quantitative estimate of drug-likeness (QED) is 0.770. The predicted octanol–water partition coefficient (Wildman–Crippen LogP) is 3.30. The molecular formula is C13H21N. The highest BCUT2D eigenvalue weighted by Crippen LogP contribution is 2.16. The highest BCUT2D eigenvalue weighted by atomic mass is 14.9. The van der Waals surface area contributed by atoms with Crippen LogP contribution in [0.1, 0.15) is 37.9 Å². The number of nitrogens with one attached hydrogen (secondary N) is 1. The SMILES string of the molecule is Cc1ccccc1C(C)NCC(C)C. The summed E-state index contributed by atoms with van der Waals surface area (Å²) < 4.78 is 0. The number of aryl methyl sites for hydroxylation is 1. The van der Waals surface area contributed by atoms with Crippen molar-refractivity contribution in [2.45, 2.75) is 33.7 Å². The molecule has 1 unspecified atom stereocenters. The molecule has 78 valence electrons. The molecule has 0 fully saturated rings. The van der Waals surface area contributed by atoms with Crippen molar-refractivity contribution in [1.82, 2.24) is 5.32 Å². The van der Waals surface area contributed by atoms with Crippen molar-refractivity contribution in [3.05, 3.63) is 35.4 Å². The second kappa shape index (κ2) is 5.16. The van der Waals surface area contributed by atoms with E-state index in [2.05, 4.69) is 57.3 Å². The van der Waals surface area contributed by atoms with E-state index in [1.54, 1.807) is 0 Å². The van der Waals surface area contributed by atoms with E-state index in [4.69, 9.17) is 0 Å². The molecular weight excluding hydrogens is 170 g/mol. The zero-order chi connectivity index (χ0) is 10.6. The lowest BCUT2D eigenvalue weighted by atomic mass is 10.0. The number of benzene rings is 1. The highest BCUT2D eigenvalue weighted by molar-refractivity contribution is 5.28. The van der Waals surface area contributed by atoms with Crippen LogP contribution >= 0.6 is 0 Å². The van der Waals surface area contributed by atoms with Crippen LogP contribution in [0.15, 0.2) is 24.3 Å². The molecule has 0 heterocycles. The van der Waals surface area contributed by atoms with E-state index in [0.29, 0.717) is 12.0 Å². The van der Waals surface area contributed by atoms with Gasteiger partial charge in [-0.25, -0.2) is 0 Å². The predicted molar refractivity (Wildman–Crippen MR) is 62.4 cm³/mol. The van der Waals surface area contributed by atoms with E-state index >= 15 is 0 Å². The average Bonchev–Trinajstić information content (AvgIpc) is 2.15. The van der Waals surface area contributed by atoms with Crippen LogP contribution in [-0.4, -0.2) is 6.54 Å². The van der Waals surface area contributed by atoms with Crippen molar-refractivity contribution in [1.29, 1.82) is 0 Å². The van der Waals surface area contributed by atoms with Gasteiger partial charge in [-0.05, 0) is 37.4 Å². The van der Waals surface area contributed by atoms with Crippen LogP contribution in [0.2, 0.25) is 0 Å². The molecule has 1 heteroatoms. The lowest BCUT2D eigenvalue weighted by Crippen LogP contribution is -2.23. The molecule has 1 N–H and O–H groups in total. The third-order valence-corrected chi connectivity index (χ3v) is 2.49. The second-order valence-electron chi connectivity index (χ2n) is 4.38. The minimum atomic E-state index is 0.457. The highest BCUT2D eigenvalue weighted by Gasteiger charge is 2.06. The van der Waals surface area contributed by atoms with Crippen LogP contribution in [0.4, 0.5) is 0 Å². The lowest BCUT2D eigenvalue weighted by Gasteiger charge is -2.17. The molecule has 0 aliphatic heterocycles. The Morgan fingerprint density at radius 1 is 1.14 bits per heavy atom. The van der Waals surface area contributed by atoms with E-state index in [1.807, 2.05) is 0 Å². The molecule has 1 atom stereocenters. The van der Waals surface area contributed by atoms with Crippen LogP contribution in [-0.2, 0) is 0 Å². The average molecular weight is 191 g/mol. The van der Waals surface area contributed by atoms with Crippen molar-refractivity contribution >= 4 is 0 Å². The third-order valence-electron chi connectivity index (χ3n) is 2.49. The molecule has 1 rings (SSSR count). The largest absolute Gasteiger partial charge is 0.310 e. The summed E-state index contributed by atoms with van der Waals surface area (Å²) in [6.45, 7) is 9.94. The van der Waals surface area contributed by atoms with Crippen LogP contribution in [0.3, 0.4) is 0 Å². The van der Waals surface area contributed by atoms with Crippen molar-refractivity contribution in [2.75, 3.05) is 6.54 Å². The fourth-order valence-corrected chi connectivity index (χ4v) is 1.60. The molecule has 0 aliphatic carbocycles. The van der Waals surface area contributed by atoms with Crippen LogP contribution in [0, 0.1) is 12.8 Å². The van der Waals surface area contributed by atoms with Crippen LogP contribution in [0.5, 0.6) is 0 Å². The van der Waals surface area contributed by atoms with E-state index in [9.17, 15) is 0 Å². The topological polar surface area (TPSA) is 12.0 Å². The zero-order valence-corrected chi connectivity index (χ0v) is 9.67. The monoisotopic (exact) mass is 191 g/mol. The molecule has 1 aromatic carbocycles. The summed E-state index contributed by atoms with van der Waals surface area (Å²) in [5.74, 6) is 0.710. The Bertz CT molecular complexity index is 278. The maximum atomic E-state index is 3.54.